The van der Waals surface area contributed by atoms with Crippen LogP contribution >= 0.6 is 0 Å². The third kappa shape index (κ3) is 4.35. The summed E-state index contributed by atoms with van der Waals surface area (Å²) >= 11 is 0. The van der Waals surface area contributed by atoms with Gasteiger partial charge in [-0.15, -0.1) is 0 Å². The van der Waals surface area contributed by atoms with Crippen LogP contribution in [-0.4, -0.2) is 37.1 Å². The first-order chi connectivity index (χ1) is 7.69. The summed E-state index contributed by atoms with van der Waals surface area (Å²) in [5, 5.41) is 0. The molecule has 0 bridgehead atoms. The van der Waals surface area contributed by atoms with Crippen molar-refractivity contribution in [1.29, 1.82) is 0 Å². The normalized spacial score (nSPS) is 16.6. The molecule has 0 spiro atoms. The average Bonchev–Trinajstić information content (AvgIpc) is 3.11. The lowest BCUT2D eigenvalue weighted by Crippen LogP contribution is -2.27. The molecule has 1 aliphatic carbocycles. The Balaban J connectivity index is 2.39. The first kappa shape index (κ1) is 13.2. The molecule has 0 N–H and O–H groups in total. The van der Waals surface area contributed by atoms with Crippen LogP contribution in [0.2, 0.25) is 0 Å². The van der Waals surface area contributed by atoms with Crippen LogP contribution in [0.4, 0.5) is 0 Å². The SMILES string of the molecule is CCCCN(CC=C(C)C(=O)OC)C1CC1. The van der Waals surface area contributed by atoms with E-state index in [1.165, 1.54) is 32.8 Å². The van der Waals surface area contributed by atoms with Crippen molar-refractivity contribution in [3.05, 3.63) is 11.6 Å². The molecule has 0 atom stereocenters. The van der Waals surface area contributed by atoms with Crippen LogP contribution in [0.1, 0.15) is 39.5 Å². The predicted molar refractivity (Wildman–Crippen MR) is 65.3 cm³/mol. The van der Waals surface area contributed by atoms with Crippen LogP contribution in [0.5, 0.6) is 0 Å². The minimum atomic E-state index is -0.216. The lowest BCUT2D eigenvalue weighted by atomic mass is 10.2. The molecule has 1 aliphatic rings. The molecule has 0 aromatic heterocycles. The number of hydrogen-bond donors (Lipinski definition) is 0. The molecule has 0 heterocycles. The van der Waals surface area contributed by atoms with Gasteiger partial charge in [-0.1, -0.05) is 19.4 Å². The Hall–Kier alpha value is -0.830. The molecule has 0 amide bonds. The van der Waals surface area contributed by atoms with Gasteiger partial charge in [0.2, 0.25) is 0 Å². The molecular weight excluding hydrogens is 202 g/mol. The van der Waals surface area contributed by atoms with Crippen LogP contribution in [-0.2, 0) is 9.53 Å². The summed E-state index contributed by atoms with van der Waals surface area (Å²) < 4.78 is 4.68. The maximum Gasteiger partial charge on any atom is 0.333 e. The summed E-state index contributed by atoms with van der Waals surface area (Å²) in [6.45, 7) is 6.05. The smallest absolute Gasteiger partial charge is 0.333 e. The number of hydrogen-bond acceptors (Lipinski definition) is 3. The van der Waals surface area contributed by atoms with Crippen molar-refractivity contribution in [1.82, 2.24) is 4.90 Å². The Morgan fingerprint density at radius 3 is 2.69 bits per heavy atom. The third-order valence-corrected chi connectivity index (χ3v) is 3.00. The molecule has 0 radical (unpaired) electrons. The van der Waals surface area contributed by atoms with E-state index in [1.54, 1.807) is 0 Å². The monoisotopic (exact) mass is 225 g/mol. The van der Waals surface area contributed by atoms with Gasteiger partial charge < -0.3 is 4.74 Å². The van der Waals surface area contributed by atoms with E-state index >= 15 is 0 Å². The lowest BCUT2D eigenvalue weighted by molar-refractivity contribution is -0.136. The summed E-state index contributed by atoms with van der Waals surface area (Å²) in [5.41, 5.74) is 0.713. The molecule has 3 heteroatoms. The van der Waals surface area contributed by atoms with Crippen molar-refractivity contribution in [2.45, 2.75) is 45.6 Å². The molecule has 1 rings (SSSR count). The fourth-order valence-electron chi connectivity index (χ4n) is 1.72. The van der Waals surface area contributed by atoms with Crippen LogP contribution in [0.25, 0.3) is 0 Å². The maximum atomic E-state index is 11.2. The van der Waals surface area contributed by atoms with Crippen molar-refractivity contribution in [3.63, 3.8) is 0 Å². The molecular formula is C13H23NO2. The summed E-state index contributed by atoms with van der Waals surface area (Å²) in [4.78, 5) is 13.7. The van der Waals surface area contributed by atoms with Gasteiger partial charge in [0.1, 0.15) is 0 Å². The molecule has 0 aromatic rings. The van der Waals surface area contributed by atoms with Crippen LogP contribution in [0.3, 0.4) is 0 Å². The van der Waals surface area contributed by atoms with Gasteiger partial charge >= 0.3 is 5.97 Å². The molecule has 0 aromatic carbocycles. The van der Waals surface area contributed by atoms with E-state index < -0.39 is 0 Å². The number of esters is 1. The lowest BCUT2D eigenvalue weighted by Gasteiger charge is -2.19. The Kier molecular flexibility index (Phi) is 5.53. The highest BCUT2D eigenvalue weighted by molar-refractivity contribution is 5.87. The minimum absolute atomic E-state index is 0.216. The standard InChI is InChI=1S/C13H23NO2/c1-4-5-9-14(12-6-7-12)10-8-11(2)13(15)16-3/h8,12H,4-7,9-10H2,1-3H3. The second-order valence-corrected chi connectivity index (χ2v) is 4.46. The first-order valence-electron chi connectivity index (χ1n) is 6.18. The summed E-state index contributed by atoms with van der Waals surface area (Å²) in [5.74, 6) is -0.216. The molecule has 3 nitrogen and oxygen atoms in total. The maximum absolute atomic E-state index is 11.2. The second kappa shape index (κ2) is 6.69. The van der Waals surface area contributed by atoms with Crippen molar-refractivity contribution >= 4 is 5.97 Å². The first-order valence-corrected chi connectivity index (χ1v) is 6.18. The molecule has 0 aliphatic heterocycles. The predicted octanol–water partition coefficient (Wildman–Crippen LogP) is 2.37. The highest BCUT2D eigenvalue weighted by atomic mass is 16.5. The molecule has 16 heavy (non-hydrogen) atoms. The number of carbonyl (C=O) groups excluding carboxylic acids is 1. The van der Waals surface area contributed by atoms with Crippen molar-refractivity contribution < 1.29 is 9.53 Å². The molecule has 1 fully saturated rings. The fourth-order valence-corrected chi connectivity index (χ4v) is 1.72. The van der Waals surface area contributed by atoms with E-state index in [0.717, 1.165) is 19.1 Å². The van der Waals surface area contributed by atoms with E-state index in [4.69, 9.17) is 0 Å². The Morgan fingerprint density at radius 1 is 1.50 bits per heavy atom. The number of unbranched alkanes of at least 4 members (excludes halogenated alkanes) is 1. The quantitative estimate of drug-likeness (QED) is 0.492. The number of rotatable bonds is 7. The number of ether oxygens (including phenoxy) is 1. The summed E-state index contributed by atoms with van der Waals surface area (Å²) in [6, 6.07) is 0.758. The van der Waals surface area contributed by atoms with Crippen LogP contribution in [0.15, 0.2) is 11.6 Å². The van der Waals surface area contributed by atoms with Crippen LogP contribution in [0, 0.1) is 0 Å². The Morgan fingerprint density at radius 2 is 2.19 bits per heavy atom. The zero-order chi connectivity index (χ0) is 12.0. The van der Waals surface area contributed by atoms with E-state index in [1.807, 2.05) is 13.0 Å². The van der Waals surface area contributed by atoms with Gasteiger partial charge in [0.05, 0.1) is 7.11 Å². The number of carbonyl (C=O) groups is 1. The Bertz CT molecular complexity index is 257. The highest BCUT2D eigenvalue weighted by Crippen LogP contribution is 2.27. The molecule has 1 saturated carbocycles. The van der Waals surface area contributed by atoms with Crippen LogP contribution < -0.4 is 0 Å². The van der Waals surface area contributed by atoms with Gasteiger partial charge in [-0.3, -0.25) is 4.90 Å². The van der Waals surface area contributed by atoms with Crippen molar-refractivity contribution in [2.24, 2.45) is 0 Å². The molecule has 0 unspecified atom stereocenters. The van der Waals surface area contributed by atoms with Gasteiger partial charge in [0.15, 0.2) is 0 Å². The van der Waals surface area contributed by atoms with Gasteiger partial charge in [0, 0.05) is 18.2 Å². The fraction of sp³-hybridized carbons (Fsp3) is 0.769. The van der Waals surface area contributed by atoms with E-state index in [2.05, 4.69) is 16.6 Å². The van der Waals surface area contributed by atoms with Crippen molar-refractivity contribution in [2.75, 3.05) is 20.2 Å². The number of methoxy groups -OCH3 is 1. The minimum Gasteiger partial charge on any atom is -0.466 e. The average molecular weight is 225 g/mol. The molecule has 0 saturated heterocycles. The topological polar surface area (TPSA) is 29.5 Å². The largest absolute Gasteiger partial charge is 0.466 e. The third-order valence-electron chi connectivity index (χ3n) is 3.00. The zero-order valence-corrected chi connectivity index (χ0v) is 10.7. The second-order valence-electron chi connectivity index (χ2n) is 4.46. The Labute approximate surface area is 98.5 Å². The van der Waals surface area contributed by atoms with Crippen molar-refractivity contribution in [3.8, 4) is 0 Å². The van der Waals surface area contributed by atoms with Gasteiger partial charge in [-0.25, -0.2) is 4.79 Å². The van der Waals surface area contributed by atoms with Gasteiger partial charge in [0.25, 0.3) is 0 Å². The van der Waals surface area contributed by atoms with E-state index in [9.17, 15) is 4.79 Å². The molecule has 92 valence electrons. The van der Waals surface area contributed by atoms with Gasteiger partial charge in [-0.05, 0) is 32.7 Å². The zero-order valence-electron chi connectivity index (χ0n) is 10.7. The summed E-state index contributed by atoms with van der Waals surface area (Å²) in [6.07, 6.45) is 7.08. The van der Waals surface area contributed by atoms with Gasteiger partial charge in [-0.2, -0.15) is 0 Å². The van der Waals surface area contributed by atoms with E-state index in [-0.39, 0.29) is 5.97 Å². The summed E-state index contributed by atoms with van der Waals surface area (Å²) in [7, 11) is 1.43. The number of nitrogens with zero attached hydrogens (tertiary/aromatic N) is 1. The van der Waals surface area contributed by atoms with E-state index in [0.29, 0.717) is 5.57 Å². The highest BCUT2D eigenvalue weighted by Gasteiger charge is 2.27.